The summed E-state index contributed by atoms with van der Waals surface area (Å²) < 4.78 is 0. The van der Waals surface area contributed by atoms with E-state index in [2.05, 4.69) is 20.8 Å². The van der Waals surface area contributed by atoms with Gasteiger partial charge in [-0.25, -0.2) is 0 Å². The van der Waals surface area contributed by atoms with Gasteiger partial charge >= 0.3 is 0 Å². The summed E-state index contributed by atoms with van der Waals surface area (Å²) in [6.07, 6.45) is 12.1. The highest BCUT2D eigenvalue weighted by Crippen LogP contribution is 2.42. The summed E-state index contributed by atoms with van der Waals surface area (Å²) in [5, 5.41) is 0. The highest BCUT2D eigenvalue weighted by molar-refractivity contribution is 4.82. The van der Waals surface area contributed by atoms with Crippen molar-refractivity contribution >= 4 is 0 Å². The second-order valence-electron chi connectivity index (χ2n) is 6.78. The van der Waals surface area contributed by atoms with E-state index >= 15 is 0 Å². The maximum atomic E-state index is 2.56. The summed E-state index contributed by atoms with van der Waals surface area (Å²) in [5.74, 6) is 5.09. The molecule has 0 nitrogen and oxygen atoms in total. The van der Waals surface area contributed by atoms with Gasteiger partial charge in [-0.2, -0.15) is 0 Å². The van der Waals surface area contributed by atoms with Gasteiger partial charge in [-0.15, -0.1) is 0 Å². The summed E-state index contributed by atoms with van der Waals surface area (Å²) >= 11 is 0. The first kappa shape index (κ1) is 12.5. The van der Waals surface area contributed by atoms with Crippen molar-refractivity contribution in [3.8, 4) is 0 Å². The van der Waals surface area contributed by atoms with E-state index in [-0.39, 0.29) is 0 Å². The van der Waals surface area contributed by atoms with Crippen LogP contribution < -0.4 is 0 Å². The van der Waals surface area contributed by atoms with Crippen LogP contribution in [0.15, 0.2) is 0 Å². The van der Waals surface area contributed by atoms with Crippen LogP contribution in [-0.2, 0) is 0 Å². The Hall–Kier alpha value is 0. The SMILES string of the molecule is CC1CCC(C(C)C2CCCCC2)CC1C. The molecule has 0 aromatic rings. The lowest BCUT2D eigenvalue weighted by Crippen LogP contribution is -2.29. The quantitative estimate of drug-likeness (QED) is 0.596. The van der Waals surface area contributed by atoms with Crippen LogP contribution in [0.5, 0.6) is 0 Å². The second-order valence-corrected chi connectivity index (χ2v) is 6.78. The first-order valence-corrected chi connectivity index (χ1v) is 7.68. The van der Waals surface area contributed by atoms with Crippen molar-refractivity contribution in [1.29, 1.82) is 0 Å². The van der Waals surface area contributed by atoms with E-state index in [1.54, 1.807) is 0 Å². The Morgan fingerprint density at radius 1 is 0.750 bits per heavy atom. The molecule has 0 saturated heterocycles. The molecule has 16 heavy (non-hydrogen) atoms. The molecule has 0 aliphatic heterocycles. The van der Waals surface area contributed by atoms with Crippen LogP contribution in [0.1, 0.15) is 72.1 Å². The lowest BCUT2D eigenvalue weighted by molar-refractivity contribution is 0.112. The number of rotatable bonds is 2. The van der Waals surface area contributed by atoms with E-state index in [1.165, 1.54) is 51.4 Å². The molecular weight excluding hydrogens is 192 g/mol. The minimum absolute atomic E-state index is 0.977. The van der Waals surface area contributed by atoms with Gasteiger partial charge in [-0.05, 0) is 42.4 Å². The van der Waals surface area contributed by atoms with E-state index < -0.39 is 0 Å². The fourth-order valence-electron chi connectivity index (χ4n) is 4.11. The average Bonchev–Trinajstić information content (AvgIpc) is 2.33. The van der Waals surface area contributed by atoms with Gasteiger partial charge in [-0.3, -0.25) is 0 Å². The molecule has 4 atom stereocenters. The molecule has 0 heteroatoms. The third-order valence-electron chi connectivity index (χ3n) is 5.78. The highest BCUT2D eigenvalue weighted by Gasteiger charge is 2.32. The van der Waals surface area contributed by atoms with Crippen molar-refractivity contribution in [2.45, 2.75) is 72.1 Å². The normalized spacial score (nSPS) is 39.6. The average molecular weight is 222 g/mol. The summed E-state index contributed by atoms with van der Waals surface area (Å²) in [4.78, 5) is 0. The van der Waals surface area contributed by atoms with Crippen molar-refractivity contribution in [2.75, 3.05) is 0 Å². The minimum atomic E-state index is 0.977. The first-order chi connectivity index (χ1) is 7.68. The summed E-state index contributed by atoms with van der Waals surface area (Å²) in [5.41, 5.74) is 0. The maximum Gasteiger partial charge on any atom is -0.0383 e. The third kappa shape index (κ3) is 2.81. The Bertz CT molecular complexity index is 202. The van der Waals surface area contributed by atoms with E-state index in [0.29, 0.717) is 0 Å². The summed E-state index contributed by atoms with van der Waals surface area (Å²) in [7, 11) is 0. The van der Waals surface area contributed by atoms with Gasteiger partial charge in [0.25, 0.3) is 0 Å². The Kier molecular flexibility index (Phi) is 4.33. The molecule has 2 saturated carbocycles. The Morgan fingerprint density at radius 2 is 1.44 bits per heavy atom. The smallest absolute Gasteiger partial charge is 0.0383 e. The molecular formula is C16H30. The van der Waals surface area contributed by atoms with Gasteiger partial charge in [0.05, 0.1) is 0 Å². The first-order valence-electron chi connectivity index (χ1n) is 7.68. The van der Waals surface area contributed by atoms with Crippen molar-refractivity contribution in [2.24, 2.45) is 29.6 Å². The zero-order chi connectivity index (χ0) is 11.5. The van der Waals surface area contributed by atoms with Crippen molar-refractivity contribution < 1.29 is 0 Å². The fraction of sp³-hybridized carbons (Fsp3) is 1.00. The molecule has 0 aromatic heterocycles. The Balaban J connectivity index is 1.86. The van der Waals surface area contributed by atoms with E-state index in [4.69, 9.17) is 0 Å². The molecule has 0 heterocycles. The second kappa shape index (κ2) is 5.56. The van der Waals surface area contributed by atoms with Crippen LogP contribution in [0.25, 0.3) is 0 Å². The van der Waals surface area contributed by atoms with Gasteiger partial charge in [-0.1, -0.05) is 59.3 Å². The molecule has 2 fully saturated rings. The van der Waals surface area contributed by atoms with Crippen LogP contribution in [0.4, 0.5) is 0 Å². The van der Waals surface area contributed by atoms with Gasteiger partial charge in [0.2, 0.25) is 0 Å². The van der Waals surface area contributed by atoms with E-state index in [0.717, 1.165) is 29.6 Å². The zero-order valence-corrected chi connectivity index (χ0v) is 11.5. The summed E-state index contributed by atoms with van der Waals surface area (Å²) in [6.45, 7) is 7.49. The molecule has 4 unspecified atom stereocenters. The minimum Gasteiger partial charge on any atom is -0.0623 e. The maximum absolute atomic E-state index is 2.56. The van der Waals surface area contributed by atoms with Crippen molar-refractivity contribution in [3.63, 3.8) is 0 Å². The molecule has 2 rings (SSSR count). The molecule has 0 amide bonds. The monoisotopic (exact) mass is 222 g/mol. The molecule has 2 aliphatic rings. The van der Waals surface area contributed by atoms with Gasteiger partial charge in [0.15, 0.2) is 0 Å². The molecule has 0 bridgehead atoms. The lowest BCUT2D eigenvalue weighted by Gasteiger charge is -2.39. The molecule has 0 aromatic carbocycles. The largest absolute Gasteiger partial charge is 0.0623 e. The van der Waals surface area contributed by atoms with Gasteiger partial charge in [0.1, 0.15) is 0 Å². The number of hydrogen-bond donors (Lipinski definition) is 0. The third-order valence-corrected chi connectivity index (χ3v) is 5.78. The van der Waals surface area contributed by atoms with Crippen LogP contribution in [0, 0.1) is 29.6 Å². The number of hydrogen-bond acceptors (Lipinski definition) is 0. The Labute approximate surface area is 102 Å². The standard InChI is InChI=1S/C16H30/c1-12-9-10-16(11-13(12)2)14(3)15-7-5-4-6-8-15/h12-16H,4-11H2,1-3H3. The van der Waals surface area contributed by atoms with E-state index in [1.807, 2.05) is 0 Å². The summed E-state index contributed by atoms with van der Waals surface area (Å²) in [6, 6.07) is 0. The van der Waals surface area contributed by atoms with Crippen LogP contribution in [0.3, 0.4) is 0 Å². The predicted molar refractivity (Wildman–Crippen MR) is 71.4 cm³/mol. The van der Waals surface area contributed by atoms with Crippen molar-refractivity contribution in [1.82, 2.24) is 0 Å². The lowest BCUT2D eigenvalue weighted by atomic mass is 9.66. The fourth-order valence-corrected chi connectivity index (χ4v) is 4.11. The zero-order valence-electron chi connectivity index (χ0n) is 11.5. The van der Waals surface area contributed by atoms with Crippen LogP contribution >= 0.6 is 0 Å². The van der Waals surface area contributed by atoms with Gasteiger partial charge < -0.3 is 0 Å². The van der Waals surface area contributed by atoms with Crippen molar-refractivity contribution in [3.05, 3.63) is 0 Å². The van der Waals surface area contributed by atoms with Crippen LogP contribution in [-0.4, -0.2) is 0 Å². The molecule has 2 aliphatic carbocycles. The van der Waals surface area contributed by atoms with Crippen LogP contribution in [0.2, 0.25) is 0 Å². The predicted octanol–water partition coefficient (Wildman–Crippen LogP) is 5.28. The van der Waals surface area contributed by atoms with Gasteiger partial charge in [0, 0.05) is 0 Å². The molecule has 0 spiro atoms. The molecule has 0 N–H and O–H groups in total. The Morgan fingerprint density at radius 3 is 2.06 bits per heavy atom. The topological polar surface area (TPSA) is 0 Å². The van der Waals surface area contributed by atoms with E-state index in [9.17, 15) is 0 Å². The highest BCUT2D eigenvalue weighted by atomic mass is 14.4. The molecule has 0 radical (unpaired) electrons. The molecule has 94 valence electrons.